The molecule has 0 aliphatic carbocycles. The van der Waals surface area contributed by atoms with Crippen LogP contribution >= 0.6 is 42.4 Å². The summed E-state index contributed by atoms with van der Waals surface area (Å²) in [4.78, 5) is -0.343. The molecule has 0 spiro atoms. The molecule has 0 aliphatic rings. The molecule has 0 saturated heterocycles. The molecule has 0 N–H and O–H groups in total. The zero-order chi connectivity index (χ0) is 11.0. The summed E-state index contributed by atoms with van der Waals surface area (Å²) < 4.78 is 44.9. The number of hydrogen-bond donors (Lipinski definition) is 0. The van der Waals surface area contributed by atoms with E-state index in [0.29, 0.717) is 0 Å². The van der Waals surface area contributed by atoms with Crippen molar-refractivity contribution in [2.75, 3.05) is 0 Å². The number of halogens is 2. The van der Waals surface area contributed by atoms with Crippen LogP contribution in [0.25, 0.3) is 0 Å². The normalized spacial score (nSPS) is 12.7. The van der Waals surface area contributed by atoms with Gasteiger partial charge < -0.3 is 0 Å². The van der Waals surface area contributed by atoms with Crippen LogP contribution in [0.1, 0.15) is 0 Å². The first-order valence-electron chi connectivity index (χ1n) is 3.21. The molecule has 1 aromatic carbocycles. The molecule has 0 radical (unpaired) electrons. The Hall–Kier alpha value is 0.580. The molecule has 0 aromatic heterocycles. The van der Waals surface area contributed by atoms with Crippen LogP contribution < -0.4 is 0 Å². The molecule has 0 atom stereocenters. The number of benzene rings is 1. The fourth-order valence-corrected chi connectivity index (χ4v) is 5.81. The van der Waals surface area contributed by atoms with Gasteiger partial charge in [-0.1, -0.05) is 12.1 Å². The molecule has 8 heteroatoms. The summed E-state index contributed by atoms with van der Waals surface area (Å²) in [6, 6.07) is 5.51. The van der Waals surface area contributed by atoms with Crippen LogP contribution in [-0.2, 0) is 14.0 Å². The van der Waals surface area contributed by atoms with Gasteiger partial charge in [-0.2, -0.15) is 0 Å². The van der Waals surface area contributed by atoms with Gasteiger partial charge in [-0.3, -0.25) is 0 Å². The minimum absolute atomic E-state index is 0.171. The number of hydrogen-bond acceptors (Lipinski definition) is 4. The average Bonchev–Trinajstić information content (AvgIpc) is 2.01. The molecule has 0 amide bonds. The Morgan fingerprint density at radius 3 is 1.29 bits per heavy atom. The van der Waals surface area contributed by atoms with Crippen LogP contribution in [0, 0.1) is 0 Å². The van der Waals surface area contributed by atoms with Crippen molar-refractivity contribution >= 4 is 56.4 Å². The molecule has 0 fully saturated rings. The van der Waals surface area contributed by atoms with Gasteiger partial charge in [0.15, 0.2) is 0 Å². The maximum absolute atomic E-state index is 11.2. The van der Waals surface area contributed by atoms with Crippen molar-refractivity contribution in [2.45, 2.75) is 9.79 Å². The molecular formula is C6H4I2O4S2. The van der Waals surface area contributed by atoms with E-state index in [9.17, 15) is 16.8 Å². The molecule has 78 valence electrons. The van der Waals surface area contributed by atoms with Crippen molar-refractivity contribution in [2.24, 2.45) is 0 Å². The number of rotatable bonds is 2. The topological polar surface area (TPSA) is 68.3 Å². The van der Waals surface area contributed by atoms with Crippen molar-refractivity contribution in [1.29, 1.82) is 0 Å². The summed E-state index contributed by atoms with van der Waals surface area (Å²) in [5.41, 5.74) is 0. The first-order chi connectivity index (χ1) is 6.23. The highest BCUT2D eigenvalue weighted by Gasteiger charge is 2.21. The van der Waals surface area contributed by atoms with Crippen molar-refractivity contribution in [3.8, 4) is 0 Å². The summed E-state index contributed by atoms with van der Waals surface area (Å²) in [5, 5.41) is 0. The Morgan fingerprint density at radius 1 is 0.786 bits per heavy atom. The van der Waals surface area contributed by atoms with Crippen molar-refractivity contribution in [3.63, 3.8) is 0 Å². The van der Waals surface area contributed by atoms with Crippen LogP contribution in [0.15, 0.2) is 34.1 Å². The zero-order valence-electron chi connectivity index (χ0n) is 6.51. The summed E-state index contributed by atoms with van der Waals surface area (Å²) in [7, 11) is -7.06. The molecule has 4 nitrogen and oxygen atoms in total. The first-order valence-corrected chi connectivity index (χ1v) is 11.3. The van der Waals surface area contributed by atoms with Crippen molar-refractivity contribution in [1.82, 2.24) is 0 Å². The second-order valence-electron chi connectivity index (χ2n) is 2.32. The highest BCUT2D eigenvalue weighted by Crippen LogP contribution is 2.28. The molecule has 0 saturated carbocycles. The second kappa shape index (κ2) is 4.22. The van der Waals surface area contributed by atoms with Gasteiger partial charge in [0.2, 0.25) is 14.0 Å². The van der Waals surface area contributed by atoms with Crippen molar-refractivity contribution < 1.29 is 16.8 Å². The fraction of sp³-hybridized carbons (Fsp3) is 0. The van der Waals surface area contributed by atoms with E-state index in [1.54, 1.807) is 0 Å². The largest absolute Gasteiger partial charge is 0.232 e. The lowest BCUT2D eigenvalue weighted by Crippen LogP contribution is -1.99. The van der Waals surface area contributed by atoms with Gasteiger partial charge in [0.25, 0.3) is 0 Å². The van der Waals surface area contributed by atoms with Gasteiger partial charge in [0, 0.05) is 0 Å². The van der Waals surface area contributed by atoms with E-state index in [-0.39, 0.29) is 9.79 Å². The maximum Gasteiger partial charge on any atom is 0.232 e. The van der Waals surface area contributed by atoms with Gasteiger partial charge in [-0.15, -0.1) is 0 Å². The van der Waals surface area contributed by atoms with Gasteiger partial charge in [0.1, 0.15) is 0 Å². The average molecular weight is 458 g/mol. The van der Waals surface area contributed by atoms with Gasteiger partial charge in [0.05, 0.1) is 52.2 Å². The van der Waals surface area contributed by atoms with E-state index >= 15 is 0 Å². The Labute approximate surface area is 106 Å². The van der Waals surface area contributed by atoms with Gasteiger partial charge in [-0.05, 0) is 12.1 Å². The highest BCUT2D eigenvalue weighted by atomic mass is 127. The van der Waals surface area contributed by atoms with E-state index in [2.05, 4.69) is 0 Å². The second-order valence-corrected chi connectivity index (χ2v) is 11.9. The molecule has 0 bridgehead atoms. The smallest absolute Gasteiger partial charge is 0.213 e. The summed E-state index contributed by atoms with van der Waals surface area (Å²) in [5.74, 6) is 0. The van der Waals surface area contributed by atoms with E-state index in [0.717, 1.165) is 0 Å². The molecule has 0 aliphatic heterocycles. The molecule has 1 aromatic rings. The van der Waals surface area contributed by atoms with Gasteiger partial charge >= 0.3 is 0 Å². The lowest BCUT2D eigenvalue weighted by molar-refractivity contribution is 0.601. The third kappa shape index (κ3) is 3.03. The minimum atomic E-state index is -3.53. The van der Waals surface area contributed by atoms with Crippen LogP contribution in [-0.4, -0.2) is 16.8 Å². The minimum Gasteiger partial charge on any atom is -0.213 e. The van der Waals surface area contributed by atoms with Gasteiger partial charge in [-0.25, -0.2) is 16.8 Å². The standard InChI is InChI=1S/C6H4I2O4S2/c7-13(9,10)5-3-1-2-4-6(5)14(8,11)12/h1-4H. The highest BCUT2D eigenvalue weighted by molar-refractivity contribution is 14.2. The van der Waals surface area contributed by atoms with Crippen molar-refractivity contribution in [3.05, 3.63) is 24.3 Å². The van der Waals surface area contributed by atoms with E-state index < -0.39 is 14.0 Å². The summed E-state index contributed by atoms with van der Waals surface area (Å²) >= 11 is 2.43. The first kappa shape index (κ1) is 12.6. The molecular weight excluding hydrogens is 454 g/mol. The monoisotopic (exact) mass is 458 g/mol. The lowest BCUT2D eigenvalue weighted by Gasteiger charge is -2.02. The molecule has 0 heterocycles. The van der Waals surface area contributed by atoms with Crippen LogP contribution in [0.4, 0.5) is 0 Å². The zero-order valence-corrected chi connectivity index (χ0v) is 12.5. The predicted molar refractivity (Wildman–Crippen MR) is 68.9 cm³/mol. The van der Waals surface area contributed by atoms with Crippen LogP contribution in [0.2, 0.25) is 0 Å². The third-order valence-corrected chi connectivity index (χ3v) is 6.11. The maximum atomic E-state index is 11.2. The molecule has 14 heavy (non-hydrogen) atoms. The quantitative estimate of drug-likeness (QED) is 0.502. The third-order valence-electron chi connectivity index (χ3n) is 1.37. The van der Waals surface area contributed by atoms with Crippen LogP contribution in [0.3, 0.4) is 0 Å². The molecule has 1 rings (SSSR count). The Morgan fingerprint density at radius 2 is 1.07 bits per heavy atom. The predicted octanol–water partition coefficient (Wildman–Crippen LogP) is 1.93. The van der Waals surface area contributed by atoms with E-state index in [1.165, 1.54) is 66.7 Å². The van der Waals surface area contributed by atoms with E-state index in [4.69, 9.17) is 0 Å². The molecule has 0 unspecified atom stereocenters. The lowest BCUT2D eigenvalue weighted by atomic mass is 10.4. The van der Waals surface area contributed by atoms with E-state index in [1.807, 2.05) is 0 Å². The van der Waals surface area contributed by atoms with Crippen LogP contribution in [0.5, 0.6) is 0 Å². The SMILES string of the molecule is O=S(=O)(I)c1ccccc1S(=O)(=O)I. The Kier molecular flexibility index (Phi) is 3.81. The summed E-state index contributed by atoms with van der Waals surface area (Å²) in [6.45, 7) is 0. The Balaban J connectivity index is 3.64. The summed E-state index contributed by atoms with van der Waals surface area (Å²) in [6.07, 6.45) is 0. The Bertz CT molecular complexity index is 496. The fourth-order valence-electron chi connectivity index (χ4n) is 0.853.